The minimum atomic E-state index is -0.0298. The van der Waals surface area contributed by atoms with Crippen LogP contribution in [0.2, 0.25) is 0 Å². The van der Waals surface area contributed by atoms with Gasteiger partial charge in [-0.25, -0.2) is 0 Å². The van der Waals surface area contributed by atoms with Gasteiger partial charge in [0.25, 0.3) is 5.91 Å². The summed E-state index contributed by atoms with van der Waals surface area (Å²) in [5.41, 5.74) is 2.62. The molecule has 1 aliphatic carbocycles. The molecule has 4 nitrogen and oxygen atoms in total. The van der Waals surface area contributed by atoms with Crippen molar-refractivity contribution in [3.8, 4) is 11.1 Å². The van der Waals surface area contributed by atoms with Crippen molar-refractivity contribution < 1.29 is 14.3 Å². The Hall–Kier alpha value is -2.07. The predicted molar refractivity (Wildman–Crippen MR) is 84.4 cm³/mol. The van der Waals surface area contributed by atoms with Gasteiger partial charge in [-0.05, 0) is 55.4 Å². The third kappa shape index (κ3) is 3.39. The molecule has 0 aliphatic heterocycles. The van der Waals surface area contributed by atoms with Crippen LogP contribution >= 0.6 is 0 Å². The normalized spacial score (nSPS) is 21.5. The van der Waals surface area contributed by atoms with E-state index < -0.39 is 0 Å². The van der Waals surface area contributed by atoms with Crippen molar-refractivity contribution in [2.24, 2.45) is 5.92 Å². The average Bonchev–Trinajstić information content (AvgIpc) is 3.10. The zero-order valence-electron chi connectivity index (χ0n) is 12.5. The molecule has 0 unspecified atom stereocenters. The van der Waals surface area contributed by atoms with Gasteiger partial charge in [-0.3, -0.25) is 4.79 Å². The van der Waals surface area contributed by atoms with E-state index in [0.717, 1.165) is 36.8 Å². The molecule has 1 aliphatic rings. The molecule has 2 aromatic rings. The van der Waals surface area contributed by atoms with Crippen molar-refractivity contribution in [1.29, 1.82) is 0 Å². The molecule has 0 radical (unpaired) electrons. The summed E-state index contributed by atoms with van der Waals surface area (Å²) in [4.78, 5) is 12.4. The summed E-state index contributed by atoms with van der Waals surface area (Å²) in [6, 6.07) is 9.67. The second-order valence-electron chi connectivity index (χ2n) is 5.97. The Balaban J connectivity index is 1.64. The SMILES string of the molecule is O=C(NC1CCC(CO)CC1)c1cccc(-c2ccoc2)c1. The Kier molecular flexibility index (Phi) is 4.59. The third-order valence-electron chi connectivity index (χ3n) is 4.42. The van der Waals surface area contributed by atoms with Gasteiger partial charge in [0.15, 0.2) is 0 Å². The van der Waals surface area contributed by atoms with Crippen molar-refractivity contribution in [1.82, 2.24) is 5.32 Å². The Morgan fingerprint density at radius 2 is 2.00 bits per heavy atom. The van der Waals surface area contributed by atoms with Crippen LogP contribution in [0.25, 0.3) is 11.1 Å². The predicted octanol–water partition coefficient (Wildman–Crippen LogP) is 3.23. The lowest BCUT2D eigenvalue weighted by atomic mass is 9.86. The van der Waals surface area contributed by atoms with Crippen LogP contribution < -0.4 is 5.32 Å². The van der Waals surface area contributed by atoms with Crippen molar-refractivity contribution in [3.05, 3.63) is 48.4 Å². The number of aliphatic hydroxyl groups excluding tert-OH is 1. The van der Waals surface area contributed by atoms with E-state index in [0.29, 0.717) is 11.5 Å². The first-order chi connectivity index (χ1) is 10.8. The number of hydrogen-bond acceptors (Lipinski definition) is 3. The molecule has 116 valence electrons. The number of carbonyl (C=O) groups is 1. The van der Waals surface area contributed by atoms with Crippen LogP contribution in [0.1, 0.15) is 36.0 Å². The fourth-order valence-corrected chi connectivity index (χ4v) is 3.03. The Labute approximate surface area is 130 Å². The first-order valence-electron chi connectivity index (χ1n) is 7.80. The van der Waals surface area contributed by atoms with Crippen LogP contribution in [0.3, 0.4) is 0 Å². The second kappa shape index (κ2) is 6.79. The van der Waals surface area contributed by atoms with Crippen molar-refractivity contribution in [2.75, 3.05) is 6.61 Å². The zero-order valence-corrected chi connectivity index (χ0v) is 12.5. The monoisotopic (exact) mass is 299 g/mol. The maximum atomic E-state index is 12.4. The van der Waals surface area contributed by atoms with Crippen LogP contribution in [0.5, 0.6) is 0 Å². The topological polar surface area (TPSA) is 62.5 Å². The maximum absolute atomic E-state index is 12.4. The molecule has 0 atom stereocenters. The minimum Gasteiger partial charge on any atom is -0.472 e. The molecule has 1 amide bonds. The Morgan fingerprint density at radius 3 is 2.68 bits per heavy atom. The molecular formula is C18H21NO3. The van der Waals surface area contributed by atoms with E-state index in [9.17, 15) is 4.79 Å². The quantitative estimate of drug-likeness (QED) is 0.911. The largest absolute Gasteiger partial charge is 0.472 e. The van der Waals surface area contributed by atoms with Crippen LogP contribution in [0.15, 0.2) is 47.3 Å². The minimum absolute atomic E-state index is 0.0298. The van der Waals surface area contributed by atoms with Gasteiger partial charge < -0.3 is 14.8 Å². The highest BCUT2D eigenvalue weighted by Gasteiger charge is 2.22. The van der Waals surface area contributed by atoms with E-state index in [1.807, 2.05) is 30.3 Å². The lowest BCUT2D eigenvalue weighted by molar-refractivity contribution is 0.0914. The lowest BCUT2D eigenvalue weighted by Crippen LogP contribution is -2.38. The highest BCUT2D eigenvalue weighted by molar-refractivity contribution is 5.95. The highest BCUT2D eigenvalue weighted by atomic mass is 16.3. The highest BCUT2D eigenvalue weighted by Crippen LogP contribution is 2.24. The molecule has 3 rings (SSSR count). The number of amides is 1. The molecule has 4 heteroatoms. The van der Waals surface area contributed by atoms with Gasteiger partial charge in [-0.1, -0.05) is 12.1 Å². The van der Waals surface area contributed by atoms with Crippen molar-refractivity contribution in [3.63, 3.8) is 0 Å². The van der Waals surface area contributed by atoms with Gasteiger partial charge in [-0.2, -0.15) is 0 Å². The first-order valence-corrected chi connectivity index (χ1v) is 7.80. The van der Waals surface area contributed by atoms with Crippen LogP contribution in [-0.4, -0.2) is 23.7 Å². The number of benzene rings is 1. The molecule has 22 heavy (non-hydrogen) atoms. The number of rotatable bonds is 4. The maximum Gasteiger partial charge on any atom is 0.251 e. The van der Waals surface area contributed by atoms with E-state index in [1.165, 1.54) is 0 Å². The number of carbonyl (C=O) groups excluding carboxylic acids is 1. The van der Waals surface area contributed by atoms with Gasteiger partial charge in [-0.15, -0.1) is 0 Å². The Morgan fingerprint density at radius 1 is 1.18 bits per heavy atom. The van der Waals surface area contributed by atoms with Gasteiger partial charge in [0.1, 0.15) is 0 Å². The van der Waals surface area contributed by atoms with E-state index in [1.54, 1.807) is 12.5 Å². The second-order valence-corrected chi connectivity index (χ2v) is 5.97. The number of hydrogen-bond donors (Lipinski definition) is 2. The lowest BCUT2D eigenvalue weighted by Gasteiger charge is -2.28. The Bertz CT molecular complexity index is 613. The molecule has 1 aromatic heterocycles. The van der Waals surface area contributed by atoms with E-state index in [2.05, 4.69) is 5.32 Å². The summed E-state index contributed by atoms with van der Waals surface area (Å²) in [7, 11) is 0. The van der Waals surface area contributed by atoms with Gasteiger partial charge in [0, 0.05) is 23.8 Å². The summed E-state index contributed by atoms with van der Waals surface area (Å²) in [5, 5.41) is 12.3. The molecular weight excluding hydrogens is 278 g/mol. The molecule has 1 aromatic carbocycles. The summed E-state index contributed by atoms with van der Waals surface area (Å²) < 4.78 is 5.09. The van der Waals surface area contributed by atoms with Crippen LogP contribution in [-0.2, 0) is 0 Å². The fourth-order valence-electron chi connectivity index (χ4n) is 3.03. The summed E-state index contributed by atoms with van der Waals surface area (Å²) in [5.74, 6) is 0.371. The summed E-state index contributed by atoms with van der Waals surface area (Å²) in [6.45, 7) is 0.257. The molecule has 1 heterocycles. The van der Waals surface area contributed by atoms with Gasteiger partial charge in [0.05, 0.1) is 12.5 Å². The van der Waals surface area contributed by atoms with Crippen molar-refractivity contribution in [2.45, 2.75) is 31.7 Å². The standard InChI is InChI=1S/C18H21NO3/c20-11-13-4-6-17(7-5-13)19-18(21)15-3-1-2-14(10-15)16-8-9-22-12-16/h1-3,8-10,12-13,17,20H,4-7,11H2,(H,19,21). The van der Waals surface area contributed by atoms with Gasteiger partial charge in [0.2, 0.25) is 0 Å². The number of aliphatic hydroxyl groups is 1. The molecule has 0 bridgehead atoms. The van der Waals surface area contributed by atoms with E-state index in [-0.39, 0.29) is 18.6 Å². The molecule has 2 N–H and O–H groups in total. The third-order valence-corrected chi connectivity index (χ3v) is 4.42. The van der Waals surface area contributed by atoms with Crippen molar-refractivity contribution >= 4 is 5.91 Å². The number of furan rings is 1. The first kappa shape index (κ1) is 14.9. The van der Waals surface area contributed by atoms with Crippen LogP contribution in [0.4, 0.5) is 0 Å². The molecule has 0 spiro atoms. The smallest absolute Gasteiger partial charge is 0.251 e. The zero-order chi connectivity index (χ0) is 15.4. The molecule has 1 saturated carbocycles. The fraction of sp³-hybridized carbons (Fsp3) is 0.389. The molecule has 1 fully saturated rings. The van der Waals surface area contributed by atoms with E-state index >= 15 is 0 Å². The molecule has 0 saturated heterocycles. The number of nitrogens with one attached hydrogen (secondary N) is 1. The average molecular weight is 299 g/mol. The van der Waals surface area contributed by atoms with Gasteiger partial charge >= 0.3 is 0 Å². The van der Waals surface area contributed by atoms with E-state index in [4.69, 9.17) is 9.52 Å². The van der Waals surface area contributed by atoms with Crippen LogP contribution in [0, 0.1) is 5.92 Å². The summed E-state index contributed by atoms with van der Waals surface area (Å²) >= 11 is 0. The summed E-state index contributed by atoms with van der Waals surface area (Å²) in [6.07, 6.45) is 7.15.